The molecule has 0 saturated carbocycles. The van der Waals surface area contributed by atoms with Crippen molar-refractivity contribution in [1.29, 1.82) is 0 Å². The van der Waals surface area contributed by atoms with Crippen LogP contribution in [0.4, 0.5) is 0 Å². The van der Waals surface area contributed by atoms with Crippen molar-refractivity contribution in [2.45, 2.75) is 46.6 Å². The first-order chi connectivity index (χ1) is 8.02. The summed E-state index contributed by atoms with van der Waals surface area (Å²) in [7, 11) is 0. The van der Waals surface area contributed by atoms with Crippen LogP contribution in [0.3, 0.4) is 0 Å². The minimum atomic E-state index is 0.448. The Kier molecular flexibility index (Phi) is 6.90. The van der Waals surface area contributed by atoms with Crippen LogP contribution in [0.5, 0.6) is 0 Å². The third-order valence-electron chi connectivity index (χ3n) is 3.60. The number of ether oxygens (including phenoxy) is 1. The Balaban J connectivity index is 2.05. The van der Waals surface area contributed by atoms with Crippen molar-refractivity contribution in [2.75, 3.05) is 31.3 Å². The van der Waals surface area contributed by atoms with Crippen LogP contribution in [0.2, 0.25) is 0 Å². The molecule has 17 heavy (non-hydrogen) atoms. The Hall–Kier alpha value is 0.270. The number of nitrogens with one attached hydrogen (secondary N) is 1. The van der Waals surface area contributed by atoms with Crippen LogP contribution in [0, 0.1) is 11.3 Å². The Labute approximate surface area is 111 Å². The minimum absolute atomic E-state index is 0.448. The second-order valence-electron chi connectivity index (χ2n) is 6.12. The summed E-state index contributed by atoms with van der Waals surface area (Å²) in [6.07, 6.45) is 2.49. The molecular formula is C14H29NOS. The third-order valence-corrected chi connectivity index (χ3v) is 4.66. The van der Waals surface area contributed by atoms with Crippen molar-refractivity contribution in [3.05, 3.63) is 0 Å². The van der Waals surface area contributed by atoms with Crippen LogP contribution < -0.4 is 5.32 Å². The number of hydrogen-bond donors (Lipinski definition) is 1. The molecule has 1 aliphatic heterocycles. The molecule has 1 aliphatic rings. The van der Waals surface area contributed by atoms with E-state index in [9.17, 15) is 0 Å². The first-order valence-corrected chi connectivity index (χ1v) is 8.07. The van der Waals surface area contributed by atoms with E-state index < -0.39 is 0 Å². The quantitative estimate of drug-likeness (QED) is 0.710. The second kappa shape index (κ2) is 7.65. The predicted octanol–water partition coefficient (Wildman–Crippen LogP) is 3.17. The van der Waals surface area contributed by atoms with Crippen molar-refractivity contribution in [3.8, 4) is 0 Å². The molecule has 2 nitrogen and oxygen atoms in total. The molecular weight excluding hydrogens is 230 g/mol. The monoisotopic (exact) mass is 259 g/mol. The first-order valence-electron chi connectivity index (χ1n) is 6.91. The lowest BCUT2D eigenvalue weighted by molar-refractivity contribution is 0.118. The molecule has 1 atom stereocenters. The predicted molar refractivity (Wildman–Crippen MR) is 77.8 cm³/mol. The summed E-state index contributed by atoms with van der Waals surface area (Å²) in [5, 5.41) is 3.65. The molecule has 0 aliphatic carbocycles. The number of rotatable bonds is 7. The van der Waals surface area contributed by atoms with Gasteiger partial charge in [-0.25, -0.2) is 0 Å². The van der Waals surface area contributed by atoms with Gasteiger partial charge in [-0.1, -0.05) is 27.7 Å². The van der Waals surface area contributed by atoms with E-state index in [1.165, 1.54) is 24.3 Å². The highest BCUT2D eigenvalue weighted by Gasteiger charge is 2.31. The van der Waals surface area contributed by atoms with E-state index in [1.54, 1.807) is 0 Å². The van der Waals surface area contributed by atoms with Crippen LogP contribution in [0.1, 0.15) is 40.5 Å². The maximum atomic E-state index is 5.63. The molecule has 1 fully saturated rings. The average Bonchev–Trinajstić information content (AvgIpc) is 2.24. The Morgan fingerprint density at radius 3 is 2.76 bits per heavy atom. The van der Waals surface area contributed by atoms with Crippen molar-refractivity contribution in [2.24, 2.45) is 11.3 Å². The van der Waals surface area contributed by atoms with Gasteiger partial charge in [-0.05, 0) is 29.9 Å². The molecule has 1 heterocycles. The molecule has 102 valence electrons. The highest BCUT2D eigenvalue weighted by atomic mass is 32.2. The molecule has 0 amide bonds. The average molecular weight is 259 g/mol. The topological polar surface area (TPSA) is 21.3 Å². The zero-order valence-electron chi connectivity index (χ0n) is 11.9. The van der Waals surface area contributed by atoms with Gasteiger partial charge in [-0.3, -0.25) is 0 Å². The van der Waals surface area contributed by atoms with E-state index in [1.807, 2.05) is 0 Å². The van der Waals surface area contributed by atoms with Crippen LogP contribution in [-0.2, 0) is 4.74 Å². The van der Waals surface area contributed by atoms with Crippen molar-refractivity contribution in [3.63, 3.8) is 0 Å². The molecule has 0 spiro atoms. The van der Waals surface area contributed by atoms with Crippen LogP contribution in [-0.4, -0.2) is 37.3 Å². The molecule has 3 heteroatoms. The normalized spacial score (nSPS) is 24.2. The summed E-state index contributed by atoms with van der Waals surface area (Å²) in [4.78, 5) is 0. The zero-order valence-corrected chi connectivity index (χ0v) is 12.7. The SMILES string of the molecule is CC(C)CCOCCNC1CSCCC1(C)C. The Bertz CT molecular complexity index is 206. The van der Waals surface area contributed by atoms with Gasteiger partial charge < -0.3 is 10.1 Å². The lowest BCUT2D eigenvalue weighted by Crippen LogP contribution is -2.47. The molecule has 1 saturated heterocycles. The van der Waals surface area contributed by atoms with Gasteiger partial charge in [-0.2, -0.15) is 11.8 Å². The lowest BCUT2D eigenvalue weighted by atomic mass is 9.82. The fraction of sp³-hybridized carbons (Fsp3) is 1.00. The number of hydrogen-bond acceptors (Lipinski definition) is 3. The van der Waals surface area contributed by atoms with Gasteiger partial charge in [0, 0.05) is 24.9 Å². The minimum Gasteiger partial charge on any atom is -0.380 e. The van der Waals surface area contributed by atoms with Gasteiger partial charge >= 0.3 is 0 Å². The van der Waals surface area contributed by atoms with Crippen LogP contribution in [0.15, 0.2) is 0 Å². The largest absolute Gasteiger partial charge is 0.380 e. The summed E-state index contributed by atoms with van der Waals surface area (Å²) >= 11 is 2.07. The van der Waals surface area contributed by atoms with E-state index in [0.717, 1.165) is 25.7 Å². The molecule has 0 aromatic carbocycles. The smallest absolute Gasteiger partial charge is 0.0591 e. The van der Waals surface area contributed by atoms with Crippen molar-refractivity contribution < 1.29 is 4.74 Å². The van der Waals surface area contributed by atoms with Crippen molar-refractivity contribution in [1.82, 2.24) is 5.32 Å². The van der Waals surface area contributed by atoms with E-state index in [-0.39, 0.29) is 0 Å². The van der Waals surface area contributed by atoms with Gasteiger partial charge in [-0.15, -0.1) is 0 Å². The van der Waals surface area contributed by atoms with E-state index in [0.29, 0.717) is 11.5 Å². The summed E-state index contributed by atoms with van der Waals surface area (Å²) in [5.74, 6) is 3.31. The fourth-order valence-electron chi connectivity index (χ4n) is 2.00. The third kappa shape index (κ3) is 6.12. The molecule has 0 bridgehead atoms. The standard InChI is InChI=1S/C14H29NOS/c1-12(2)5-8-16-9-7-15-13-11-17-10-6-14(13,3)4/h12-13,15H,5-11H2,1-4H3. The fourth-order valence-corrected chi connectivity index (χ4v) is 3.64. The Morgan fingerprint density at radius 2 is 2.12 bits per heavy atom. The second-order valence-corrected chi connectivity index (χ2v) is 7.26. The highest BCUT2D eigenvalue weighted by molar-refractivity contribution is 7.99. The zero-order chi connectivity index (χ0) is 12.7. The molecule has 0 aromatic heterocycles. The maximum Gasteiger partial charge on any atom is 0.0591 e. The van der Waals surface area contributed by atoms with E-state index in [2.05, 4.69) is 44.8 Å². The van der Waals surface area contributed by atoms with Gasteiger partial charge in [0.1, 0.15) is 0 Å². The van der Waals surface area contributed by atoms with Gasteiger partial charge in [0.25, 0.3) is 0 Å². The van der Waals surface area contributed by atoms with Gasteiger partial charge in [0.2, 0.25) is 0 Å². The molecule has 0 aromatic rings. The number of thioether (sulfide) groups is 1. The van der Waals surface area contributed by atoms with E-state index >= 15 is 0 Å². The van der Waals surface area contributed by atoms with Crippen LogP contribution >= 0.6 is 11.8 Å². The first kappa shape index (κ1) is 15.3. The van der Waals surface area contributed by atoms with Gasteiger partial charge in [0.15, 0.2) is 0 Å². The van der Waals surface area contributed by atoms with E-state index in [4.69, 9.17) is 4.74 Å². The molecule has 0 radical (unpaired) electrons. The maximum absolute atomic E-state index is 5.63. The highest BCUT2D eigenvalue weighted by Crippen LogP contribution is 2.33. The molecule has 1 unspecified atom stereocenters. The van der Waals surface area contributed by atoms with Gasteiger partial charge in [0.05, 0.1) is 6.61 Å². The summed E-state index contributed by atoms with van der Waals surface area (Å²) in [5.41, 5.74) is 0.448. The lowest BCUT2D eigenvalue weighted by Gasteiger charge is -2.38. The summed E-state index contributed by atoms with van der Waals surface area (Å²) in [6, 6.07) is 0.648. The summed E-state index contributed by atoms with van der Waals surface area (Å²) < 4.78 is 5.63. The molecule has 1 N–H and O–H groups in total. The van der Waals surface area contributed by atoms with Crippen LogP contribution in [0.25, 0.3) is 0 Å². The summed E-state index contributed by atoms with van der Waals surface area (Å²) in [6.45, 7) is 12.0. The molecule has 1 rings (SSSR count). The Morgan fingerprint density at radius 1 is 1.35 bits per heavy atom. The van der Waals surface area contributed by atoms with Crippen molar-refractivity contribution >= 4 is 11.8 Å².